The summed E-state index contributed by atoms with van der Waals surface area (Å²) in [7, 11) is 0. The largest absolute Gasteiger partial charge is 0.490 e. The third-order valence-corrected chi connectivity index (χ3v) is 4.53. The first-order valence-corrected chi connectivity index (χ1v) is 10.5. The molecular formula is C22H26BrNO6. The van der Waals surface area contributed by atoms with Crippen molar-refractivity contribution in [2.75, 3.05) is 31.7 Å². The van der Waals surface area contributed by atoms with Gasteiger partial charge in [0.15, 0.2) is 18.1 Å². The Morgan fingerprint density at radius 1 is 0.933 bits per heavy atom. The lowest BCUT2D eigenvalue weighted by Gasteiger charge is -2.16. The number of amides is 1. The van der Waals surface area contributed by atoms with Gasteiger partial charge < -0.3 is 24.3 Å². The van der Waals surface area contributed by atoms with E-state index in [1.54, 1.807) is 6.07 Å². The highest BCUT2D eigenvalue weighted by molar-refractivity contribution is 9.10. The highest BCUT2D eigenvalue weighted by Gasteiger charge is 2.20. The number of halogens is 1. The molecule has 0 aliphatic carbocycles. The molecule has 0 atom stereocenters. The monoisotopic (exact) mass is 479 g/mol. The molecule has 0 unspecified atom stereocenters. The lowest BCUT2D eigenvalue weighted by atomic mass is 10.2. The summed E-state index contributed by atoms with van der Waals surface area (Å²) in [4.78, 5) is 24.7. The Hall–Kier alpha value is -2.74. The van der Waals surface area contributed by atoms with Crippen molar-refractivity contribution < 1.29 is 28.5 Å². The summed E-state index contributed by atoms with van der Waals surface area (Å²) in [5, 5.41) is 2.70. The summed E-state index contributed by atoms with van der Waals surface area (Å²) < 4.78 is 22.7. The number of carbonyl (C=O) groups excluding carboxylic acids is 2. The molecule has 162 valence electrons. The molecule has 0 aliphatic heterocycles. The zero-order valence-corrected chi connectivity index (χ0v) is 19.1. The highest BCUT2D eigenvalue weighted by Crippen LogP contribution is 2.39. The Morgan fingerprint density at radius 2 is 1.53 bits per heavy atom. The number of ether oxygens (including phenoxy) is 4. The maximum Gasteiger partial charge on any atom is 0.338 e. The lowest BCUT2D eigenvalue weighted by Crippen LogP contribution is -2.21. The molecule has 1 N–H and O–H groups in total. The molecule has 1 amide bonds. The van der Waals surface area contributed by atoms with E-state index in [0.29, 0.717) is 42.8 Å². The Morgan fingerprint density at radius 3 is 2.07 bits per heavy atom. The lowest BCUT2D eigenvalue weighted by molar-refractivity contribution is -0.119. The van der Waals surface area contributed by atoms with Crippen LogP contribution in [0.2, 0.25) is 0 Å². The van der Waals surface area contributed by atoms with Gasteiger partial charge in [-0.25, -0.2) is 4.79 Å². The Labute approximate surface area is 184 Å². The summed E-state index contributed by atoms with van der Waals surface area (Å²) in [6, 6.07) is 8.57. The summed E-state index contributed by atoms with van der Waals surface area (Å²) in [5.74, 6) is 0.0715. The van der Waals surface area contributed by atoms with E-state index in [-0.39, 0.29) is 5.56 Å². The van der Waals surface area contributed by atoms with Gasteiger partial charge in [-0.15, -0.1) is 0 Å². The van der Waals surface area contributed by atoms with Crippen LogP contribution in [-0.2, 0) is 9.53 Å². The molecule has 2 aromatic rings. The minimum absolute atomic E-state index is 0.203. The van der Waals surface area contributed by atoms with Crippen molar-refractivity contribution in [1.29, 1.82) is 0 Å². The van der Waals surface area contributed by atoms with E-state index in [1.165, 1.54) is 12.1 Å². The van der Waals surface area contributed by atoms with Crippen LogP contribution in [0.3, 0.4) is 0 Å². The number of hydrogen-bond donors (Lipinski definition) is 1. The Kier molecular flexibility index (Phi) is 8.98. The second kappa shape index (κ2) is 11.4. The molecule has 0 saturated heterocycles. The highest BCUT2D eigenvalue weighted by atomic mass is 79.9. The number of nitrogens with one attached hydrogen (secondary N) is 1. The third kappa shape index (κ3) is 6.38. The van der Waals surface area contributed by atoms with E-state index in [9.17, 15) is 9.59 Å². The van der Waals surface area contributed by atoms with Crippen LogP contribution in [0.5, 0.6) is 17.2 Å². The van der Waals surface area contributed by atoms with Crippen LogP contribution < -0.4 is 19.5 Å². The normalized spacial score (nSPS) is 10.3. The first-order chi connectivity index (χ1) is 14.4. The van der Waals surface area contributed by atoms with Crippen LogP contribution in [0.25, 0.3) is 0 Å². The predicted molar refractivity (Wildman–Crippen MR) is 118 cm³/mol. The SMILES string of the molecule is CCOc1cc(C(=O)OCC(=O)Nc2ccc(C)cc2Br)cc(OCC)c1OCC. The second-order valence-corrected chi connectivity index (χ2v) is 7.06. The van der Waals surface area contributed by atoms with Crippen molar-refractivity contribution in [3.8, 4) is 17.2 Å². The summed E-state index contributed by atoms with van der Waals surface area (Å²) in [5.41, 5.74) is 1.85. The van der Waals surface area contributed by atoms with Gasteiger partial charge in [0.2, 0.25) is 5.75 Å². The molecule has 0 spiro atoms. The van der Waals surface area contributed by atoms with Gasteiger partial charge in [-0.05, 0) is 73.5 Å². The van der Waals surface area contributed by atoms with Crippen molar-refractivity contribution in [3.63, 3.8) is 0 Å². The molecule has 0 heterocycles. The first kappa shape index (κ1) is 23.5. The average Bonchev–Trinajstić information content (AvgIpc) is 2.71. The van der Waals surface area contributed by atoms with Crippen molar-refractivity contribution in [2.24, 2.45) is 0 Å². The van der Waals surface area contributed by atoms with Gasteiger partial charge >= 0.3 is 5.97 Å². The fraction of sp³-hybridized carbons (Fsp3) is 0.364. The summed E-state index contributed by atoms with van der Waals surface area (Å²) in [6.07, 6.45) is 0. The number of anilines is 1. The van der Waals surface area contributed by atoms with Gasteiger partial charge in [0.25, 0.3) is 5.91 Å². The Bertz CT molecular complexity index is 872. The third-order valence-electron chi connectivity index (χ3n) is 3.88. The maximum absolute atomic E-state index is 12.5. The van der Waals surface area contributed by atoms with Crippen molar-refractivity contribution in [1.82, 2.24) is 0 Å². The van der Waals surface area contributed by atoms with Crippen LogP contribution >= 0.6 is 15.9 Å². The molecule has 0 saturated carbocycles. The van der Waals surface area contributed by atoms with Crippen LogP contribution in [-0.4, -0.2) is 38.3 Å². The van der Waals surface area contributed by atoms with Crippen LogP contribution in [0, 0.1) is 6.92 Å². The van der Waals surface area contributed by atoms with Gasteiger partial charge in [-0.3, -0.25) is 4.79 Å². The van der Waals surface area contributed by atoms with Crippen LogP contribution in [0.1, 0.15) is 36.7 Å². The maximum atomic E-state index is 12.5. The molecule has 7 nitrogen and oxygen atoms in total. The molecule has 0 bridgehead atoms. The van der Waals surface area contributed by atoms with Crippen molar-refractivity contribution >= 4 is 33.5 Å². The van der Waals surface area contributed by atoms with Crippen molar-refractivity contribution in [2.45, 2.75) is 27.7 Å². The van der Waals surface area contributed by atoms with E-state index >= 15 is 0 Å². The summed E-state index contributed by atoms with van der Waals surface area (Å²) in [6.45, 7) is 8.21. The van der Waals surface area contributed by atoms with Crippen LogP contribution in [0.4, 0.5) is 5.69 Å². The van der Waals surface area contributed by atoms with Gasteiger partial charge in [0.05, 0.1) is 31.1 Å². The molecule has 0 radical (unpaired) electrons. The van der Waals surface area contributed by atoms with E-state index in [0.717, 1.165) is 10.0 Å². The molecule has 2 rings (SSSR count). The molecule has 8 heteroatoms. The van der Waals surface area contributed by atoms with Crippen LogP contribution in [0.15, 0.2) is 34.8 Å². The fourth-order valence-electron chi connectivity index (χ4n) is 2.63. The fourth-order valence-corrected chi connectivity index (χ4v) is 3.22. The average molecular weight is 480 g/mol. The topological polar surface area (TPSA) is 83.1 Å². The standard InChI is InChI=1S/C22H26BrNO6/c1-5-27-18-11-15(12-19(28-6-2)21(18)29-7-3)22(26)30-13-20(25)24-17-9-8-14(4)10-16(17)23/h8-12H,5-7,13H2,1-4H3,(H,24,25). The van der Waals surface area contributed by atoms with E-state index in [2.05, 4.69) is 21.2 Å². The van der Waals surface area contributed by atoms with Gasteiger partial charge in [-0.2, -0.15) is 0 Å². The molecule has 0 aromatic heterocycles. The second-order valence-electron chi connectivity index (χ2n) is 6.21. The number of benzene rings is 2. The molecule has 0 fully saturated rings. The number of carbonyl (C=O) groups is 2. The van der Waals surface area contributed by atoms with Gasteiger partial charge in [-0.1, -0.05) is 6.07 Å². The number of rotatable bonds is 10. The number of esters is 1. The molecule has 30 heavy (non-hydrogen) atoms. The minimum atomic E-state index is -0.668. The van der Waals surface area contributed by atoms with E-state index in [4.69, 9.17) is 18.9 Å². The zero-order valence-electron chi connectivity index (χ0n) is 17.5. The quantitative estimate of drug-likeness (QED) is 0.495. The van der Waals surface area contributed by atoms with E-state index < -0.39 is 18.5 Å². The Balaban J connectivity index is 2.12. The summed E-state index contributed by atoms with van der Waals surface area (Å²) >= 11 is 3.40. The van der Waals surface area contributed by atoms with E-state index in [1.807, 2.05) is 39.8 Å². The smallest absolute Gasteiger partial charge is 0.338 e. The predicted octanol–water partition coefficient (Wildman–Crippen LogP) is 4.75. The first-order valence-electron chi connectivity index (χ1n) is 9.69. The molecule has 0 aliphatic rings. The molecule has 2 aromatic carbocycles. The molecular weight excluding hydrogens is 454 g/mol. The minimum Gasteiger partial charge on any atom is -0.490 e. The van der Waals surface area contributed by atoms with Crippen molar-refractivity contribution in [3.05, 3.63) is 45.9 Å². The zero-order chi connectivity index (χ0) is 22.1. The van der Waals surface area contributed by atoms with Gasteiger partial charge in [0.1, 0.15) is 0 Å². The number of aryl methyl sites for hydroxylation is 1. The van der Waals surface area contributed by atoms with Gasteiger partial charge in [0, 0.05) is 4.47 Å². The number of hydrogen-bond acceptors (Lipinski definition) is 6.